The number of hydrazine groups is 1. The van der Waals surface area contributed by atoms with Crippen LogP contribution in [0.3, 0.4) is 0 Å². The Kier molecular flexibility index (Phi) is 3.61. The summed E-state index contributed by atoms with van der Waals surface area (Å²) in [5.41, 5.74) is 0. The molecule has 0 radical (unpaired) electrons. The van der Waals surface area contributed by atoms with Gasteiger partial charge >= 0.3 is 23.9 Å². The number of cyclic esters (lactones) is 4. The van der Waals surface area contributed by atoms with E-state index in [1.54, 1.807) is 27.7 Å². The lowest BCUT2D eigenvalue weighted by Gasteiger charge is -2.48. The van der Waals surface area contributed by atoms with Crippen LogP contribution in [0.4, 0.5) is 0 Å². The minimum atomic E-state index is -0.772. The lowest BCUT2D eigenvalue weighted by molar-refractivity contribution is -0.221. The molecule has 2 rings (SSSR count). The average Bonchev–Trinajstić information content (AvgIpc) is 2.38. The van der Waals surface area contributed by atoms with Gasteiger partial charge in [0.25, 0.3) is 0 Å². The first kappa shape index (κ1) is 14.6. The van der Waals surface area contributed by atoms with E-state index in [2.05, 4.69) is 9.47 Å². The first-order valence-corrected chi connectivity index (χ1v) is 6.33. The van der Waals surface area contributed by atoms with Gasteiger partial charge in [-0.2, -0.15) is 0 Å². The Morgan fingerprint density at radius 3 is 1.00 bits per heavy atom. The van der Waals surface area contributed by atoms with Crippen molar-refractivity contribution in [2.45, 2.75) is 51.9 Å². The molecule has 0 N–H and O–H groups in total. The number of ether oxygens (including phenoxy) is 2. The maximum Gasteiger partial charge on any atom is 0.332 e. The largest absolute Gasteiger partial charge is 0.391 e. The van der Waals surface area contributed by atoms with E-state index in [4.69, 9.17) is 0 Å². The van der Waals surface area contributed by atoms with Crippen LogP contribution in [0.2, 0.25) is 0 Å². The normalized spacial score (nSPS) is 36.8. The van der Waals surface area contributed by atoms with Crippen LogP contribution in [0.5, 0.6) is 0 Å². The lowest BCUT2D eigenvalue weighted by atomic mass is 10.1. The first-order valence-electron chi connectivity index (χ1n) is 6.33. The molecule has 2 fully saturated rings. The van der Waals surface area contributed by atoms with E-state index in [0.717, 1.165) is 0 Å². The summed E-state index contributed by atoms with van der Waals surface area (Å²) < 4.78 is 9.22. The molecular weight excluding hydrogens is 268 g/mol. The van der Waals surface area contributed by atoms with Gasteiger partial charge in [0.05, 0.1) is 0 Å². The smallest absolute Gasteiger partial charge is 0.332 e. The van der Waals surface area contributed by atoms with Crippen LogP contribution in [-0.2, 0) is 28.7 Å². The second kappa shape index (κ2) is 4.95. The van der Waals surface area contributed by atoms with E-state index in [0.29, 0.717) is 0 Å². The SMILES string of the molecule is CC1C(=O)OC(=O)C(C)N1N1C(C)C(=O)OC(=O)C1C. The molecule has 2 saturated heterocycles. The van der Waals surface area contributed by atoms with E-state index in [1.807, 2.05) is 0 Å². The van der Waals surface area contributed by atoms with E-state index >= 15 is 0 Å². The Labute approximate surface area is 115 Å². The highest BCUT2D eigenvalue weighted by molar-refractivity contribution is 5.95. The number of rotatable bonds is 1. The predicted molar refractivity (Wildman–Crippen MR) is 63.7 cm³/mol. The van der Waals surface area contributed by atoms with Crippen LogP contribution in [0.25, 0.3) is 0 Å². The molecule has 8 heteroatoms. The summed E-state index contributed by atoms with van der Waals surface area (Å²) >= 11 is 0. The molecule has 4 unspecified atom stereocenters. The molecule has 0 bridgehead atoms. The molecule has 4 atom stereocenters. The lowest BCUT2D eigenvalue weighted by Crippen LogP contribution is -2.69. The summed E-state index contributed by atoms with van der Waals surface area (Å²) in [6.45, 7) is 6.20. The van der Waals surface area contributed by atoms with Crippen LogP contribution in [0.1, 0.15) is 27.7 Å². The third-order valence-electron chi connectivity index (χ3n) is 3.62. The molecule has 0 aliphatic carbocycles. The maximum absolute atomic E-state index is 11.7. The fourth-order valence-corrected chi connectivity index (χ4v) is 2.44. The number of morpholine rings is 2. The number of esters is 4. The summed E-state index contributed by atoms with van der Waals surface area (Å²) in [5, 5.41) is 2.84. The van der Waals surface area contributed by atoms with Crippen molar-refractivity contribution in [1.29, 1.82) is 0 Å². The van der Waals surface area contributed by atoms with Gasteiger partial charge in [0.1, 0.15) is 24.2 Å². The number of nitrogens with zero attached hydrogens (tertiary/aromatic N) is 2. The Balaban J connectivity index is 2.39. The second-order valence-electron chi connectivity index (χ2n) is 4.94. The Morgan fingerprint density at radius 1 is 0.600 bits per heavy atom. The third kappa shape index (κ3) is 2.10. The first-order chi connectivity index (χ1) is 9.25. The number of carbonyl (C=O) groups excluding carboxylic acids is 4. The van der Waals surface area contributed by atoms with Crippen molar-refractivity contribution >= 4 is 23.9 Å². The van der Waals surface area contributed by atoms with Crippen molar-refractivity contribution in [1.82, 2.24) is 10.0 Å². The van der Waals surface area contributed by atoms with Gasteiger partial charge in [-0.3, -0.25) is 0 Å². The summed E-state index contributed by atoms with van der Waals surface area (Å²) in [6, 6.07) is -3.09. The average molecular weight is 284 g/mol. The second-order valence-corrected chi connectivity index (χ2v) is 4.94. The van der Waals surface area contributed by atoms with Gasteiger partial charge in [0.2, 0.25) is 0 Å². The van der Waals surface area contributed by atoms with Gasteiger partial charge < -0.3 is 9.47 Å². The Morgan fingerprint density at radius 2 is 0.800 bits per heavy atom. The molecule has 20 heavy (non-hydrogen) atoms. The van der Waals surface area contributed by atoms with Gasteiger partial charge in [0, 0.05) is 0 Å². The van der Waals surface area contributed by atoms with Crippen molar-refractivity contribution in [3.8, 4) is 0 Å². The van der Waals surface area contributed by atoms with Gasteiger partial charge in [-0.1, -0.05) is 0 Å². The topological polar surface area (TPSA) is 93.2 Å². The number of carbonyl (C=O) groups is 4. The molecule has 0 saturated carbocycles. The van der Waals surface area contributed by atoms with E-state index in [1.165, 1.54) is 10.0 Å². The Bertz CT molecular complexity index is 406. The quantitative estimate of drug-likeness (QED) is 0.457. The molecule has 8 nitrogen and oxygen atoms in total. The van der Waals surface area contributed by atoms with Gasteiger partial charge in [-0.25, -0.2) is 29.2 Å². The van der Waals surface area contributed by atoms with E-state index in [-0.39, 0.29) is 0 Å². The maximum atomic E-state index is 11.7. The predicted octanol–water partition coefficient (Wildman–Crippen LogP) is -0.774. The molecular formula is C12H16N2O6. The van der Waals surface area contributed by atoms with Crippen LogP contribution < -0.4 is 0 Å². The van der Waals surface area contributed by atoms with Crippen molar-refractivity contribution in [2.75, 3.05) is 0 Å². The summed E-state index contributed by atoms with van der Waals surface area (Å²) in [7, 11) is 0. The molecule has 2 aliphatic heterocycles. The molecule has 0 aromatic rings. The summed E-state index contributed by atoms with van der Waals surface area (Å²) in [4.78, 5) is 46.7. The molecule has 0 aromatic heterocycles. The minimum absolute atomic E-state index is 0.709. The highest BCUT2D eigenvalue weighted by Gasteiger charge is 2.50. The van der Waals surface area contributed by atoms with Crippen LogP contribution in [-0.4, -0.2) is 58.1 Å². The minimum Gasteiger partial charge on any atom is -0.391 e. The Hall–Kier alpha value is -1.80. The van der Waals surface area contributed by atoms with E-state index in [9.17, 15) is 19.2 Å². The molecule has 0 aromatic carbocycles. The van der Waals surface area contributed by atoms with E-state index < -0.39 is 48.0 Å². The molecule has 0 amide bonds. The number of hydrogen-bond acceptors (Lipinski definition) is 8. The number of hydrogen-bond donors (Lipinski definition) is 0. The van der Waals surface area contributed by atoms with Crippen molar-refractivity contribution in [3.63, 3.8) is 0 Å². The van der Waals surface area contributed by atoms with Gasteiger partial charge in [-0.05, 0) is 27.7 Å². The standard InChI is InChI=1S/C12H16N2O6/c1-5-9(15)19-10(16)6(2)13(5)14-7(3)11(17)20-12(18)8(14)4/h5-8H,1-4H3. The fraction of sp³-hybridized carbons (Fsp3) is 0.667. The van der Waals surface area contributed by atoms with Crippen molar-refractivity contribution in [3.05, 3.63) is 0 Å². The zero-order chi connectivity index (χ0) is 15.2. The van der Waals surface area contributed by atoms with Crippen molar-refractivity contribution in [2.24, 2.45) is 0 Å². The van der Waals surface area contributed by atoms with Gasteiger partial charge in [-0.15, -0.1) is 0 Å². The third-order valence-corrected chi connectivity index (χ3v) is 3.62. The molecule has 2 aliphatic rings. The van der Waals surface area contributed by atoms with Crippen LogP contribution >= 0.6 is 0 Å². The van der Waals surface area contributed by atoms with Crippen LogP contribution in [0, 0.1) is 0 Å². The van der Waals surface area contributed by atoms with Crippen LogP contribution in [0.15, 0.2) is 0 Å². The molecule has 2 heterocycles. The summed E-state index contributed by atoms with van der Waals surface area (Å²) in [6.07, 6.45) is 0. The molecule has 110 valence electrons. The highest BCUT2D eigenvalue weighted by Crippen LogP contribution is 2.26. The van der Waals surface area contributed by atoms with Gasteiger partial charge in [0.15, 0.2) is 0 Å². The zero-order valence-corrected chi connectivity index (χ0v) is 11.7. The summed E-state index contributed by atoms with van der Waals surface area (Å²) in [5.74, 6) is -2.84. The molecule has 0 spiro atoms. The highest BCUT2D eigenvalue weighted by atomic mass is 16.6. The fourth-order valence-electron chi connectivity index (χ4n) is 2.44. The monoisotopic (exact) mass is 284 g/mol. The van der Waals surface area contributed by atoms with Crippen molar-refractivity contribution < 1.29 is 28.7 Å². The zero-order valence-electron chi connectivity index (χ0n) is 11.7.